The number of amides is 1. The molecule has 0 radical (unpaired) electrons. The van der Waals surface area contributed by atoms with Gasteiger partial charge in [0.05, 0.1) is 0 Å². The molecule has 0 saturated carbocycles. The van der Waals surface area contributed by atoms with Crippen molar-refractivity contribution < 1.29 is 18.7 Å². The van der Waals surface area contributed by atoms with E-state index in [2.05, 4.69) is 5.32 Å². The molecule has 1 aromatic rings. The number of rotatable bonds is 5. The van der Waals surface area contributed by atoms with Gasteiger partial charge < -0.3 is 10.4 Å². The molecule has 0 bridgehead atoms. The molecule has 0 aliphatic carbocycles. The van der Waals surface area contributed by atoms with Crippen molar-refractivity contribution in [1.82, 2.24) is 0 Å². The molecule has 16 heavy (non-hydrogen) atoms. The Morgan fingerprint density at radius 3 is 2.38 bits per heavy atom. The lowest BCUT2D eigenvalue weighted by Crippen LogP contribution is -2.11. The van der Waals surface area contributed by atoms with Gasteiger partial charge >= 0.3 is 0 Å². The number of unbranched alkanes of at least 4 members (excludes halogenated alkanes) is 1. The first kappa shape index (κ1) is 12.6. The average Bonchev–Trinajstić information content (AvgIpc) is 2.16. The van der Waals surface area contributed by atoms with E-state index in [0.29, 0.717) is 12.8 Å². The number of aliphatic hydroxyl groups excluding tert-OH is 1. The number of halogens is 2. The van der Waals surface area contributed by atoms with Crippen LogP contribution in [0.3, 0.4) is 0 Å². The van der Waals surface area contributed by atoms with Crippen LogP contribution in [-0.2, 0) is 4.79 Å². The number of benzene rings is 1. The standard InChI is InChI=1S/C11H13F2NO2/c12-8-5-9(13)7-10(6-8)14-11(16)3-1-2-4-15/h5-7,15H,1-4H2,(H,14,16). The van der Waals surface area contributed by atoms with Gasteiger partial charge in [0.2, 0.25) is 5.91 Å². The Kier molecular flexibility index (Phi) is 4.85. The SMILES string of the molecule is O=C(CCCCO)Nc1cc(F)cc(F)c1. The van der Waals surface area contributed by atoms with E-state index in [1.807, 2.05) is 0 Å². The molecular formula is C11H13F2NO2. The van der Waals surface area contributed by atoms with Crippen molar-refractivity contribution >= 4 is 11.6 Å². The molecule has 1 aromatic carbocycles. The van der Waals surface area contributed by atoms with Crippen LogP contribution in [0.1, 0.15) is 19.3 Å². The Labute approximate surface area is 92.1 Å². The number of nitrogens with one attached hydrogen (secondary N) is 1. The van der Waals surface area contributed by atoms with Crippen LogP contribution < -0.4 is 5.32 Å². The second-order valence-corrected chi connectivity index (χ2v) is 3.39. The van der Waals surface area contributed by atoms with Crippen molar-refractivity contribution in [3.63, 3.8) is 0 Å². The summed E-state index contributed by atoms with van der Waals surface area (Å²) in [6.07, 6.45) is 1.30. The monoisotopic (exact) mass is 229 g/mol. The van der Waals surface area contributed by atoms with E-state index in [9.17, 15) is 13.6 Å². The van der Waals surface area contributed by atoms with E-state index in [0.717, 1.165) is 18.2 Å². The summed E-state index contributed by atoms with van der Waals surface area (Å²) in [5.74, 6) is -1.78. The molecule has 0 heterocycles. The zero-order chi connectivity index (χ0) is 12.0. The highest BCUT2D eigenvalue weighted by Gasteiger charge is 2.04. The second kappa shape index (κ2) is 6.17. The van der Waals surface area contributed by atoms with Gasteiger partial charge in [-0.3, -0.25) is 4.79 Å². The predicted octanol–water partition coefficient (Wildman–Crippen LogP) is 2.07. The lowest BCUT2D eigenvalue weighted by Gasteiger charge is -2.05. The van der Waals surface area contributed by atoms with Crippen molar-refractivity contribution in [2.24, 2.45) is 0 Å². The summed E-state index contributed by atoms with van der Waals surface area (Å²) in [6.45, 7) is 0.0296. The zero-order valence-electron chi connectivity index (χ0n) is 8.67. The largest absolute Gasteiger partial charge is 0.396 e. The molecule has 3 nitrogen and oxygen atoms in total. The topological polar surface area (TPSA) is 49.3 Å². The second-order valence-electron chi connectivity index (χ2n) is 3.39. The lowest BCUT2D eigenvalue weighted by molar-refractivity contribution is -0.116. The van der Waals surface area contributed by atoms with Crippen LogP contribution in [-0.4, -0.2) is 17.6 Å². The number of hydrogen-bond donors (Lipinski definition) is 2. The third-order valence-electron chi connectivity index (χ3n) is 1.96. The molecule has 88 valence electrons. The predicted molar refractivity (Wildman–Crippen MR) is 55.9 cm³/mol. The first-order valence-electron chi connectivity index (χ1n) is 4.98. The van der Waals surface area contributed by atoms with Crippen LogP contribution >= 0.6 is 0 Å². The van der Waals surface area contributed by atoms with Crippen molar-refractivity contribution in [3.8, 4) is 0 Å². The molecule has 0 atom stereocenters. The normalized spacial score (nSPS) is 10.2. The van der Waals surface area contributed by atoms with Gasteiger partial charge in [-0.1, -0.05) is 0 Å². The Bertz CT molecular complexity index is 349. The van der Waals surface area contributed by atoms with E-state index >= 15 is 0 Å². The van der Waals surface area contributed by atoms with Crippen molar-refractivity contribution in [3.05, 3.63) is 29.8 Å². The Morgan fingerprint density at radius 1 is 1.19 bits per heavy atom. The Balaban J connectivity index is 2.49. The molecule has 0 aliphatic heterocycles. The summed E-state index contributed by atoms with van der Waals surface area (Å²) in [5.41, 5.74) is 0.103. The molecule has 0 spiro atoms. The lowest BCUT2D eigenvalue weighted by atomic mass is 10.2. The van der Waals surface area contributed by atoms with Gasteiger partial charge in [0, 0.05) is 24.8 Å². The molecule has 0 aliphatic rings. The quantitative estimate of drug-likeness (QED) is 0.759. The van der Waals surface area contributed by atoms with Crippen LogP contribution in [0.5, 0.6) is 0 Å². The van der Waals surface area contributed by atoms with Gasteiger partial charge in [0.15, 0.2) is 0 Å². The van der Waals surface area contributed by atoms with Gasteiger partial charge in [-0.2, -0.15) is 0 Å². The smallest absolute Gasteiger partial charge is 0.224 e. The van der Waals surface area contributed by atoms with Gasteiger partial charge in [-0.25, -0.2) is 8.78 Å². The summed E-state index contributed by atoms with van der Waals surface area (Å²) in [7, 11) is 0. The number of carbonyl (C=O) groups excluding carboxylic acids is 1. The van der Waals surface area contributed by atoms with E-state index in [-0.39, 0.29) is 24.6 Å². The van der Waals surface area contributed by atoms with E-state index in [1.165, 1.54) is 0 Å². The first-order valence-corrected chi connectivity index (χ1v) is 4.98. The van der Waals surface area contributed by atoms with Gasteiger partial charge in [0.1, 0.15) is 11.6 Å². The maximum atomic E-state index is 12.8. The molecule has 2 N–H and O–H groups in total. The van der Waals surface area contributed by atoms with Gasteiger partial charge in [-0.05, 0) is 25.0 Å². The van der Waals surface area contributed by atoms with Crippen LogP contribution in [0.15, 0.2) is 18.2 Å². The number of hydrogen-bond acceptors (Lipinski definition) is 2. The molecule has 1 rings (SSSR count). The minimum Gasteiger partial charge on any atom is -0.396 e. The van der Waals surface area contributed by atoms with E-state index < -0.39 is 11.6 Å². The van der Waals surface area contributed by atoms with E-state index in [4.69, 9.17) is 5.11 Å². The zero-order valence-corrected chi connectivity index (χ0v) is 8.67. The average molecular weight is 229 g/mol. The van der Waals surface area contributed by atoms with Crippen LogP contribution in [0, 0.1) is 11.6 Å². The maximum absolute atomic E-state index is 12.8. The first-order chi connectivity index (χ1) is 7.61. The molecule has 0 fully saturated rings. The molecule has 0 saturated heterocycles. The third-order valence-corrected chi connectivity index (χ3v) is 1.96. The number of carbonyl (C=O) groups is 1. The van der Waals surface area contributed by atoms with Crippen molar-refractivity contribution in [1.29, 1.82) is 0 Å². The molecule has 0 aromatic heterocycles. The molecule has 0 unspecified atom stereocenters. The van der Waals surface area contributed by atoms with Crippen LogP contribution in [0.4, 0.5) is 14.5 Å². The Morgan fingerprint density at radius 2 is 1.81 bits per heavy atom. The summed E-state index contributed by atoms with van der Waals surface area (Å²) >= 11 is 0. The summed E-state index contributed by atoms with van der Waals surface area (Å²) in [5, 5.41) is 10.9. The summed E-state index contributed by atoms with van der Waals surface area (Å²) in [4.78, 5) is 11.3. The highest BCUT2D eigenvalue weighted by Crippen LogP contribution is 2.13. The van der Waals surface area contributed by atoms with Gasteiger partial charge in [0.25, 0.3) is 0 Å². The fourth-order valence-electron chi connectivity index (χ4n) is 1.25. The fraction of sp³-hybridized carbons (Fsp3) is 0.364. The minimum absolute atomic E-state index is 0.0296. The maximum Gasteiger partial charge on any atom is 0.224 e. The van der Waals surface area contributed by atoms with E-state index in [1.54, 1.807) is 0 Å². The molecule has 5 heteroatoms. The molecule has 1 amide bonds. The van der Waals surface area contributed by atoms with Crippen LogP contribution in [0.2, 0.25) is 0 Å². The number of aliphatic hydroxyl groups is 1. The summed E-state index contributed by atoms with van der Waals surface area (Å²) in [6, 6.07) is 2.83. The summed E-state index contributed by atoms with van der Waals surface area (Å²) < 4.78 is 25.5. The molecular weight excluding hydrogens is 216 g/mol. The van der Waals surface area contributed by atoms with Crippen LogP contribution in [0.25, 0.3) is 0 Å². The highest BCUT2D eigenvalue weighted by molar-refractivity contribution is 5.90. The highest BCUT2D eigenvalue weighted by atomic mass is 19.1. The number of anilines is 1. The van der Waals surface area contributed by atoms with Crippen molar-refractivity contribution in [2.75, 3.05) is 11.9 Å². The minimum atomic E-state index is -0.731. The van der Waals surface area contributed by atoms with Gasteiger partial charge in [-0.15, -0.1) is 0 Å². The third kappa shape index (κ3) is 4.35. The Hall–Kier alpha value is -1.49. The fourth-order valence-corrected chi connectivity index (χ4v) is 1.25. The van der Waals surface area contributed by atoms with Crippen molar-refractivity contribution in [2.45, 2.75) is 19.3 Å².